The van der Waals surface area contributed by atoms with Crippen molar-refractivity contribution in [2.24, 2.45) is 0 Å². The first-order valence-corrected chi connectivity index (χ1v) is 7.96. The predicted molar refractivity (Wildman–Crippen MR) is 81.4 cm³/mol. The zero-order valence-corrected chi connectivity index (χ0v) is 12.7. The van der Waals surface area contributed by atoms with Crippen molar-refractivity contribution in [1.29, 1.82) is 0 Å². The Balaban J connectivity index is 1.61. The van der Waals surface area contributed by atoms with Crippen molar-refractivity contribution in [3.05, 3.63) is 40.4 Å². The Kier molecular flexibility index (Phi) is 4.24. The van der Waals surface area contributed by atoms with Gasteiger partial charge in [-0.25, -0.2) is 0 Å². The number of nitrogens with one attached hydrogen (secondary N) is 1. The Bertz CT molecular complexity index is 468. The summed E-state index contributed by atoms with van der Waals surface area (Å²) in [6.07, 6.45) is 10.8. The molecule has 1 saturated carbocycles. The van der Waals surface area contributed by atoms with E-state index in [0.29, 0.717) is 0 Å². The van der Waals surface area contributed by atoms with Crippen LogP contribution in [0.4, 0.5) is 0 Å². The fraction of sp³-hybridized carbons (Fsp3) is 0.500. The van der Waals surface area contributed by atoms with Crippen LogP contribution in [0.15, 0.2) is 34.8 Å². The van der Waals surface area contributed by atoms with Crippen LogP contribution in [0, 0.1) is 0 Å². The average Bonchev–Trinajstić information content (AvgIpc) is 3.25. The summed E-state index contributed by atoms with van der Waals surface area (Å²) in [5, 5.41) is 3.53. The predicted octanol–water partition coefficient (Wildman–Crippen LogP) is 4.19. The van der Waals surface area contributed by atoms with Crippen LogP contribution < -0.4 is 10.1 Å². The molecular formula is C16H20BrNO. The standard InChI is InChI=1S/C16H20BrNO/c17-15-10-12(11-18-13-7-8-13)6-9-16(15)19-14-4-2-1-3-5-14/h2,4,6,9-10,13-14,18H,1,3,5,7-8,11H2. The van der Waals surface area contributed by atoms with Crippen LogP contribution in [0.25, 0.3) is 0 Å². The Labute approximate surface area is 123 Å². The average molecular weight is 322 g/mol. The van der Waals surface area contributed by atoms with Crippen molar-refractivity contribution in [3.63, 3.8) is 0 Å². The molecule has 1 fully saturated rings. The van der Waals surface area contributed by atoms with E-state index in [9.17, 15) is 0 Å². The minimum absolute atomic E-state index is 0.237. The van der Waals surface area contributed by atoms with E-state index < -0.39 is 0 Å². The SMILES string of the molecule is Brc1cc(CNC2CC2)ccc1OC1C=CCCC1. The third-order valence-electron chi connectivity index (χ3n) is 3.66. The van der Waals surface area contributed by atoms with Crippen molar-refractivity contribution in [3.8, 4) is 5.75 Å². The summed E-state index contributed by atoms with van der Waals surface area (Å²) in [5.41, 5.74) is 1.31. The summed E-state index contributed by atoms with van der Waals surface area (Å²) in [5.74, 6) is 0.951. The molecule has 3 rings (SSSR count). The molecule has 2 aliphatic rings. The molecule has 0 saturated heterocycles. The molecule has 1 unspecified atom stereocenters. The van der Waals surface area contributed by atoms with Gasteiger partial charge in [-0.05, 0) is 71.8 Å². The highest BCUT2D eigenvalue weighted by atomic mass is 79.9. The molecule has 3 heteroatoms. The van der Waals surface area contributed by atoms with Crippen LogP contribution in [0.1, 0.15) is 37.7 Å². The zero-order valence-electron chi connectivity index (χ0n) is 11.1. The molecule has 1 N–H and O–H groups in total. The highest BCUT2D eigenvalue weighted by Crippen LogP contribution is 2.29. The first-order chi connectivity index (χ1) is 9.31. The van der Waals surface area contributed by atoms with E-state index in [1.54, 1.807) is 0 Å². The monoisotopic (exact) mass is 321 g/mol. The summed E-state index contributed by atoms with van der Waals surface area (Å²) in [7, 11) is 0. The van der Waals surface area contributed by atoms with E-state index in [4.69, 9.17) is 4.74 Å². The van der Waals surface area contributed by atoms with Crippen molar-refractivity contribution in [2.75, 3.05) is 0 Å². The Morgan fingerprint density at radius 3 is 2.84 bits per heavy atom. The molecular weight excluding hydrogens is 302 g/mol. The van der Waals surface area contributed by atoms with Gasteiger partial charge in [0, 0.05) is 12.6 Å². The first-order valence-electron chi connectivity index (χ1n) is 7.16. The number of halogens is 1. The number of benzene rings is 1. The van der Waals surface area contributed by atoms with E-state index in [0.717, 1.165) is 29.2 Å². The highest BCUT2D eigenvalue weighted by molar-refractivity contribution is 9.10. The molecule has 1 aromatic rings. The number of allylic oxidation sites excluding steroid dienone is 1. The van der Waals surface area contributed by atoms with Crippen molar-refractivity contribution in [2.45, 2.75) is 50.8 Å². The maximum atomic E-state index is 6.02. The maximum absolute atomic E-state index is 6.02. The Hall–Kier alpha value is -0.800. The minimum atomic E-state index is 0.237. The van der Waals surface area contributed by atoms with Gasteiger partial charge in [0.05, 0.1) is 4.47 Å². The van der Waals surface area contributed by atoms with Crippen molar-refractivity contribution >= 4 is 15.9 Å². The van der Waals surface area contributed by atoms with Crippen LogP contribution in [0.3, 0.4) is 0 Å². The third kappa shape index (κ3) is 3.83. The molecule has 0 amide bonds. The van der Waals surface area contributed by atoms with E-state index in [1.165, 1.54) is 31.2 Å². The molecule has 1 atom stereocenters. The Morgan fingerprint density at radius 1 is 1.26 bits per heavy atom. The van der Waals surface area contributed by atoms with Gasteiger partial charge in [-0.1, -0.05) is 12.1 Å². The van der Waals surface area contributed by atoms with Gasteiger partial charge >= 0.3 is 0 Å². The number of hydrogen-bond acceptors (Lipinski definition) is 2. The Morgan fingerprint density at radius 2 is 2.16 bits per heavy atom. The van der Waals surface area contributed by atoms with Crippen molar-refractivity contribution < 1.29 is 4.74 Å². The smallest absolute Gasteiger partial charge is 0.134 e. The lowest BCUT2D eigenvalue weighted by Crippen LogP contribution is -2.17. The van der Waals surface area contributed by atoms with E-state index in [1.807, 2.05) is 0 Å². The summed E-state index contributed by atoms with van der Waals surface area (Å²) >= 11 is 3.62. The number of rotatable bonds is 5. The third-order valence-corrected chi connectivity index (χ3v) is 4.28. The molecule has 0 heterocycles. The molecule has 102 valence electrons. The van der Waals surface area contributed by atoms with E-state index in [2.05, 4.69) is 51.6 Å². The quantitative estimate of drug-likeness (QED) is 0.821. The molecule has 2 nitrogen and oxygen atoms in total. The van der Waals surface area contributed by atoms with Crippen LogP contribution in [-0.4, -0.2) is 12.1 Å². The van der Waals surface area contributed by atoms with Crippen LogP contribution in [-0.2, 0) is 6.54 Å². The minimum Gasteiger partial charge on any atom is -0.485 e. The molecule has 1 aromatic carbocycles. The second-order valence-electron chi connectivity index (χ2n) is 5.44. The van der Waals surface area contributed by atoms with Gasteiger partial charge < -0.3 is 10.1 Å². The van der Waals surface area contributed by atoms with Gasteiger partial charge in [-0.3, -0.25) is 0 Å². The number of hydrogen-bond donors (Lipinski definition) is 1. The lowest BCUT2D eigenvalue weighted by Gasteiger charge is -2.19. The molecule has 0 bridgehead atoms. The molecule has 0 spiro atoms. The lowest BCUT2D eigenvalue weighted by molar-refractivity contribution is 0.228. The first kappa shape index (κ1) is 13.2. The summed E-state index contributed by atoms with van der Waals surface area (Å²) < 4.78 is 7.08. The van der Waals surface area contributed by atoms with Crippen LogP contribution in [0.2, 0.25) is 0 Å². The lowest BCUT2D eigenvalue weighted by atomic mass is 10.1. The molecule has 0 aromatic heterocycles. The summed E-state index contributed by atoms with van der Waals surface area (Å²) in [6, 6.07) is 7.15. The normalized spacial score (nSPS) is 22.5. The zero-order chi connectivity index (χ0) is 13.1. The fourth-order valence-corrected chi connectivity index (χ4v) is 2.86. The van der Waals surface area contributed by atoms with Crippen LogP contribution in [0.5, 0.6) is 5.75 Å². The highest BCUT2D eigenvalue weighted by Gasteiger charge is 2.20. The van der Waals surface area contributed by atoms with E-state index >= 15 is 0 Å². The van der Waals surface area contributed by atoms with Gasteiger partial charge in [0.25, 0.3) is 0 Å². The fourth-order valence-electron chi connectivity index (χ4n) is 2.34. The molecule has 0 aliphatic heterocycles. The molecule has 2 aliphatic carbocycles. The van der Waals surface area contributed by atoms with E-state index in [-0.39, 0.29) is 6.10 Å². The summed E-state index contributed by atoms with van der Waals surface area (Å²) in [6.45, 7) is 0.951. The van der Waals surface area contributed by atoms with Crippen molar-refractivity contribution in [1.82, 2.24) is 5.32 Å². The van der Waals surface area contributed by atoms with Gasteiger partial charge in [0.1, 0.15) is 11.9 Å². The molecule has 19 heavy (non-hydrogen) atoms. The van der Waals surface area contributed by atoms with Gasteiger partial charge in [0.2, 0.25) is 0 Å². The maximum Gasteiger partial charge on any atom is 0.134 e. The van der Waals surface area contributed by atoms with Gasteiger partial charge in [-0.2, -0.15) is 0 Å². The second kappa shape index (κ2) is 6.10. The summed E-state index contributed by atoms with van der Waals surface area (Å²) in [4.78, 5) is 0. The van der Waals surface area contributed by atoms with Gasteiger partial charge in [0.15, 0.2) is 0 Å². The van der Waals surface area contributed by atoms with Gasteiger partial charge in [-0.15, -0.1) is 0 Å². The topological polar surface area (TPSA) is 21.3 Å². The largest absolute Gasteiger partial charge is 0.485 e. The molecule has 0 radical (unpaired) electrons. The second-order valence-corrected chi connectivity index (χ2v) is 6.29. The number of ether oxygens (including phenoxy) is 1. The van der Waals surface area contributed by atoms with Crippen LogP contribution >= 0.6 is 15.9 Å².